The number of nitrogens with zero attached hydrogens (tertiary/aromatic N) is 4. The molecule has 0 bridgehead atoms. The van der Waals surface area contributed by atoms with Gasteiger partial charge in [0.15, 0.2) is 0 Å². The first kappa shape index (κ1) is 27.6. The van der Waals surface area contributed by atoms with Crippen molar-refractivity contribution in [3.8, 4) is 0 Å². The minimum Gasteiger partial charge on any atom is -0.322 e. The van der Waals surface area contributed by atoms with Crippen LogP contribution in [0, 0.1) is 11.8 Å². The molecule has 2 heterocycles. The predicted octanol–water partition coefficient (Wildman–Crippen LogP) is 4.47. The van der Waals surface area contributed by atoms with Gasteiger partial charge in [-0.1, -0.05) is 32.4 Å². The number of amides is 1. The molecule has 0 saturated heterocycles. The molecule has 3 aromatic rings. The number of pyridine rings is 1. The van der Waals surface area contributed by atoms with Gasteiger partial charge in [0, 0.05) is 31.4 Å². The summed E-state index contributed by atoms with van der Waals surface area (Å²) in [6, 6.07) is 8.65. The number of rotatable bonds is 10. The normalized spacial score (nSPS) is 14.9. The molecule has 0 spiro atoms. The van der Waals surface area contributed by atoms with Crippen LogP contribution in [0.5, 0.6) is 0 Å². The first-order chi connectivity index (χ1) is 18.0. The standard InChI is InChI=1S/C27H33F3N6O2/c1-17(2)12-31-13-18-10-22(26(38)36(14-18)15-27(28,29)30)25(37)33-21-9-5-8-20(11-21)23(19-6-4-7-19)24-34-32-16-35(24)3/h5,8-11,14,16-17,19,23,31H,4,6-7,12-13,15H2,1-3H3,(H,33,37). The third-order valence-corrected chi connectivity index (χ3v) is 6.77. The van der Waals surface area contributed by atoms with Gasteiger partial charge in [0.1, 0.15) is 24.3 Å². The SMILES string of the molecule is CC(C)CNCc1cc(C(=O)Nc2cccc(C(c3nncn3C)C3CCC3)c2)c(=O)n(CC(F)(F)F)c1. The highest BCUT2D eigenvalue weighted by molar-refractivity contribution is 6.04. The van der Waals surface area contributed by atoms with Gasteiger partial charge in [-0.3, -0.25) is 9.59 Å². The van der Waals surface area contributed by atoms with Crippen LogP contribution >= 0.6 is 0 Å². The van der Waals surface area contributed by atoms with Crippen molar-refractivity contribution in [3.63, 3.8) is 0 Å². The molecule has 2 N–H and O–H groups in total. The van der Waals surface area contributed by atoms with Crippen LogP contribution < -0.4 is 16.2 Å². The molecule has 1 aliphatic rings. The number of hydrogen-bond acceptors (Lipinski definition) is 5. The second kappa shape index (κ2) is 11.5. The molecule has 0 aliphatic heterocycles. The van der Waals surface area contributed by atoms with Crippen molar-refractivity contribution in [2.45, 2.75) is 58.3 Å². The second-order valence-electron chi connectivity index (χ2n) is 10.4. The van der Waals surface area contributed by atoms with Gasteiger partial charge >= 0.3 is 6.18 Å². The van der Waals surface area contributed by atoms with E-state index in [0.717, 1.165) is 36.8 Å². The lowest BCUT2D eigenvalue weighted by atomic mass is 9.72. The van der Waals surface area contributed by atoms with E-state index in [-0.39, 0.29) is 18.0 Å². The lowest BCUT2D eigenvalue weighted by Gasteiger charge is -2.33. The van der Waals surface area contributed by atoms with E-state index in [2.05, 4.69) is 20.8 Å². The molecule has 8 nitrogen and oxygen atoms in total. The Morgan fingerprint density at radius 1 is 1.21 bits per heavy atom. The number of carbonyl (C=O) groups is 1. The Labute approximate surface area is 219 Å². The lowest BCUT2D eigenvalue weighted by molar-refractivity contribution is -0.141. The van der Waals surface area contributed by atoms with Gasteiger partial charge in [-0.2, -0.15) is 13.2 Å². The van der Waals surface area contributed by atoms with Gasteiger partial charge in [-0.05, 0) is 60.5 Å². The zero-order valence-electron chi connectivity index (χ0n) is 21.8. The average Bonchev–Trinajstić information content (AvgIpc) is 3.22. The smallest absolute Gasteiger partial charge is 0.322 e. The first-order valence-corrected chi connectivity index (χ1v) is 12.8. The average molecular weight is 531 g/mol. The summed E-state index contributed by atoms with van der Waals surface area (Å²) in [7, 11) is 1.89. The van der Waals surface area contributed by atoms with Crippen molar-refractivity contribution >= 4 is 11.6 Å². The Kier molecular flexibility index (Phi) is 8.35. The fraction of sp³-hybridized carbons (Fsp3) is 0.481. The highest BCUT2D eigenvalue weighted by Gasteiger charge is 2.33. The molecule has 0 radical (unpaired) electrons. The lowest BCUT2D eigenvalue weighted by Crippen LogP contribution is -2.34. The molecule has 38 heavy (non-hydrogen) atoms. The summed E-state index contributed by atoms with van der Waals surface area (Å²) in [5.74, 6) is 0.791. The summed E-state index contributed by atoms with van der Waals surface area (Å²) in [5.41, 5.74) is 0.483. The molecule has 1 aromatic carbocycles. The van der Waals surface area contributed by atoms with Gasteiger partial charge in [-0.25, -0.2) is 0 Å². The molecule has 11 heteroatoms. The third kappa shape index (κ3) is 6.69. The largest absolute Gasteiger partial charge is 0.406 e. The molecule has 1 atom stereocenters. The summed E-state index contributed by atoms with van der Waals surface area (Å²) in [4.78, 5) is 26.1. The Morgan fingerprint density at radius 2 is 1.97 bits per heavy atom. The van der Waals surface area contributed by atoms with Crippen LogP contribution in [-0.4, -0.2) is 38.0 Å². The van der Waals surface area contributed by atoms with Crippen LogP contribution in [0.25, 0.3) is 0 Å². The summed E-state index contributed by atoms with van der Waals surface area (Å²) in [6.07, 6.45) is 1.47. The molecule has 1 amide bonds. The van der Waals surface area contributed by atoms with Crippen molar-refractivity contribution in [1.29, 1.82) is 0 Å². The van der Waals surface area contributed by atoms with Crippen LogP contribution in [0.3, 0.4) is 0 Å². The molecule has 1 aliphatic carbocycles. The number of aromatic nitrogens is 4. The zero-order chi connectivity index (χ0) is 27.4. The summed E-state index contributed by atoms with van der Waals surface area (Å²) < 4.78 is 41.9. The molecule has 1 saturated carbocycles. The van der Waals surface area contributed by atoms with Crippen molar-refractivity contribution < 1.29 is 18.0 Å². The van der Waals surface area contributed by atoms with Crippen LogP contribution in [0.4, 0.5) is 18.9 Å². The van der Waals surface area contributed by atoms with E-state index in [0.29, 0.717) is 34.2 Å². The van der Waals surface area contributed by atoms with E-state index in [1.54, 1.807) is 18.5 Å². The number of alkyl halides is 3. The molecule has 4 rings (SSSR count). The highest BCUT2D eigenvalue weighted by atomic mass is 19.4. The number of benzene rings is 1. The molecular formula is C27H33F3N6O2. The van der Waals surface area contributed by atoms with Crippen LogP contribution in [0.15, 0.2) is 47.7 Å². The van der Waals surface area contributed by atoms with Crippen molar-refractivity contribution in [2.24, 2.45) is 18.9 Å². The summed E-state index contributed by atoms with van der Waals surface area (Å²) in [6.45, 7) is 3.41. The Bertz CT molecular complexity index is 1330. The molecule has 204 valence electrons. The summed E-state index contributed by atoms with van der Waals surface area (Å²) in [5, 5.41) is 14.2. The van der Waals surface area contributed by atoms with Gasteiger partial charge in [0.05, 0.1) is 0 Å². The minimum absolute atomic E-state index is 0.00697. The van der Waals surface area contributed by atoms with E-state index in [1.165, 1.54) is 6.07 Å². The summed E-state index contributed by atoms with van der Waals surface area (Å²) >= 11 is 0. The quantitative estimate of drug-likeness (QED) is 0.404. The Hall–Kier alpha value is -3.47. The third-order valence-electron chi connectivity index (χ3n) is 6.77. The topological polar surface area (TPSA) is 93.8 Å². The highest BCUT2D eigenvalue weighted by Crippen LogP contribution is 2.42. The van der Waals surface area contributed by atoms with Crippen LogP contribution in [0.2, 0.25) is 0 Å². The van der Waals surface area contributed by atoms with Crippen molar-refractivity contribution in [2.75, 3.05) is 11.9 Å². The van der Waals surface area contributed by atoms with Crippen molar-refractivity contribution in [1.82, 2.24) is 24.6 Å². The Balaban J connectivity index is 1.62. The second-order valence-corrected chi connectivity index (χ2v) is 10.4. The minimum atomic E-state index is -4.60. The zero-order valence-corrected chi connectivity index (χ0v) is 21.8. The van der Waals surface area contributed by atoms with Gasteiger partial charge < -0.3 is 19.8 Å². The van der Waals surface area contributed by atoms with E-state index in [4.69, 9.17) is 0 Å². The number of hydrogen-bond donors (Lipinski definition) is 2. The van der Waals surface area contributed by atoms with E-state index >= 15 is 0 Å². The van der Waals surface area contributed by atoms with Crippen LogP contribution in [0.1, 0.15) is 66.3 Å². The monoisotopic (exact) mass is 530 g/mol. The van der Waals surface area contributed by atoms with Crippen molar-refractivity contribution in [3.05, 3.63) is 75.7 Å². The van der Waals surface area contributed by atoms with E-state index in [1.807, 2.05) is 37.6 Å². The molecule has 1 unspecified atom stereocenters. The number of carbonyl (C=O) groups excluding carboxylic acids is 1. The molecular weight excluding hydrogens is 497 g/mol. The number of nitrogens with one attached hydrogen (secondary N) is 2. The van der Waals surface area contributed by atoms with Gasteiger partial charge in [0.25, 0.3) is 11.5 Å². The maximum atomic E-state index is 13.2. The maximum Gasteiger partial charge on any atom is 0.406 e. The predicted molar refractivity (Wildman–Crippen MR) is 138 cm³/mol. The fourth-order valence-electron chi connectivity index (χ4n) is 4.76. The molecule has 1 fully saturated rings. The van der Waals surface area contributed by atoms with Gasteiger partial charge in [-0.15, -0.1) is 10.2 Å². The first-order valence-electron chi connectivity index (χ1n) is 12.8. The van der Waals surface area contributed by atoms with Crippen LogP contribution in [-0.2, 0) is 20.1 Å². The molecule has 2 aromatic heterocycles. The maximum absolute atomic E-state index is 13.2. The number of halogens is 3. The van der Waals surface area contributed by atoms with E-state index in [9.17, 15) is 22.8 Å². The van der Waals surface area contributed by atoms with Gasteiger partial charge in [0.2, 0.25) is 0 Å². The van der Waals surface area contributed by atoms with E-state index < -0.39 is 24.2 Å². The number of aryl methyl sites for hydroxylation is 1. The Morgan fingerprint density at radius 3 is 2.58 bits per heavy atom. The number of anilines is 1. The fourth-order valence-corrected chi connectivity index (χ4v) is 4.76.